The van der Waals surface area contributed by atoms with Crippen LogP contribution in [0.15, 0.2) is 18.2 Å². The van der Waals surface area contributed by atoms with Crippen molar-refractivity contribution in [3.05, 3.63) is 34.2 Å². The van der Waals surface area contributed by atoms with Gasteiger partial charge in [0.1, 0.15) is 0 Å². The van der Waals surface area contributed by atoms with E-state index in [0.29, 0.717) is 0 Å². The highest BCUT2D eigenvalue weighted by Gasteiger charge is 1.92. The molecule has 13 heavy (non-hydrogen) atoms. The van der Waals surface area contributed by atoms with Crippen LogP contribution in [0.5, 0.6) is 0 Å². The molecule has 0 N–H and O–H groups in total. The zero-order chi connectivity index (χ0) is 9.68. The van der Waals surface area contributed by atoms with Crippen molar-refractivity contribution in [2.75, 3.05) is 0 Å². The van der Waals surface area contributed by atoms with Crippen molar-refractivity contribution in [2.45, 2.75) is 25.6 Å². The third kappa shape index (κ3) is 2.44. The molecule has 1 aromatic rings. The number of halogens is 1. The fourth-order valence-electron chi connectivity index (χ4n) is 1.50. The molecule has 1 aromatic carbocycles. The molecule has 0 nitrogen and oxygen atoms in total. The maximum absolute atomic E-state index is 3.50. The Morgan fingerprint density at radius 1 is 1.38 bits per heavy atom. The molecule has 0 aromatic heterocycles. The molecule has 0 aliphatic rings. The topological polar surface area (TPSA) is 0 Å². The predicted molar refractivity (Wildman–Crippen MR) is 63.2 cm³/mol. The van der Waals surface area contributed by atoms with Gasteiger partial charge in [-0.25, -0.2) is 0 Å². The van der Waals surface area contributed by atoms with Crippen molar-refractivity contribution in [3.63, 3.8) is 0 Å². The van der Waals surface area contributed by atoms with Gasteiger partial charge in [0.15, 0.2) is 0 Å². The van der Waals surface area contributed by atoms with Crippen molar-refractivity contribution >= 4 is 28.1 Å². The Morgan fingerprint density at radius 2 is 2.15 bits per heavy atom. The fourth-order valence-corrected chi connectivity index (χ4v) is 1.99. The van der Waals surface area contributed by atoms with E-state index in [2.05, 4.69) is 60.1 Å². The molecule has 0 unspecified atom stereocenters. The van der Waals surface area contributed by atoms with Crippen LogP contribution < -0.4 is 10.4 Å². The smallest absolute Gasteiger partial charge is 0.0289 e. The first-order valence-corrected chi connectivity index (χ1v) is 5.76. The maximum Gasteiger partial charge on any atom is 0.0289 e. The number of benzene rings is 1. The van der Waals surface area contributed by atoms with E-state index in [9.17, 15) is 0 Å². The molecule has 1 rings (SSSR count). The van der Waals surface area contributed by atoms with Gasteiger partial charge in [0.2, 0.25) is 0 Å². The van der Waals surface area contributed by atoms with Crippen LogP contribution in [0.25, 0.3) is 12.2 Å². The van der Waals surface area contributed by atoms with Crippen molar-refractivity contribution in [1.29, 1.82) is 0 Å². The summed E-state index contributed by atoms with van der Waals surface area (Å²) < 4.78 is 0. The highest BCUT2D eigenvalue weighted by molar-refractivity contribution is 9.08. The predicted octanol–water partition coefficient (Wildman–Crippen LogP) is 2.57. The summed E-state index contributed by atoms with van der Waals surface area (Å²) in [5.74, 6) is 0. The minimum Gasteiger partial charge on any atom is -0.0876 e. The van der Waals surface area contributed by atoms with Gasteiger partial charge in [0, 0.05) is 5.33 Å². The van der Waals surface area contributed by atoms with E-state index >= 15 is 0 Å². The Kier molecular flexibility index (Phi) is 4.23. The summed E-state index contributed by atoms with van der Waals surface area (Å²) in [6.45, 7) is 4.26. The molecule has 0 atom stereocenters. The Morgan fingerprint density at radius 3 is 2.69 bits per heavy atom. The number of hydrogen-bond acceptors (Lipinski definition) is 0. The summed E-state index contributed by atoms with van der Waals surface area (Å²) in [7, 11) is 0. The van der Waals surface area contributed by atoms with Gasteiger partial charge in [-0.3, -0.25) is 0 Å². The van der Waals surface area contributed by atoms with Gasteiger partial charge < -0.3 is 0 Å². The van der Waals surface area contributed by atoms with Crippen molar-refractivity contribution in [3.8, 4) is 0 Å². The van der Waals surface area contributed by atoms with Crippen molar-refractivity contribution < 1.29 is 0 Å². The number of alkyl halides is 1. The first kappa shape index (κ1) is 10.5. The highest BCUT2D eigenvalue weighted by atomic mass is 79.9. The van der Waals surface area contributed by atoms with Crippen LogP contribution in [-0.2, 0) is 5.33 Å². The molecule has 0 saturated heterocycles. The van der Waals surface area contributed by atoms with E-state index in [1.165, 1.54) is 16.0 Å². The highest BCUT2D eigenvalue weighted by Crippen LogP contribution is 1.96. The molecule has 0 fully saturated rings. The van der Waals surface area contributed by atoms with Gasteiger partial charge in [-0.2, -0.15) is 0 Å². The molecule has 70 valence electrons. The lowest BCUT2D eigenvalue weighted by atomic mass is 10.1. The molecular formula is C12H15Br. The van der Waals surface area contributed by atoms with Crippen LogP contribution >= 0.6 is 15.9 Å². The second kappa shape index (κ2) is 5.23. The molecule has 0 radical (unpaired) electrons. The van der Waals surface area contributed by atoms with Gasteiger partial charge in [-0.1, -0.05) is 53.2 Å². The summed E-state index contributed by atoms with van der Waals surface area (Å²) in [6, 6.07) is 6.45. The minimum absolute atomic E-state index is 0.929. The molecule has 0 bridgehead atoms. The Hall–Kier alpha value is -0.560. The van der Waals surface area contributed by atoms with Gasteiger partial charge >= 0.3 is 0 Å². The molecular weight excluding hydrogens is 224 g/mol. The van der Waals surface area contributed by atoms with Crippen LogP contribution in [-0.4, -0.2) is 0 Å². The third-order valence-corrected chi connectivity index (χ3v) is 2.69. The first-order valence-electron chi connectivity index (χ1n) is 4.63. The normalized spacial score (nSPS) is 13.8. The molecule has 0 aliphatic heterocycles. The van der Waals surface area contributed by atoms with Crippen molar-refractivity contribution in [2.24, 2.45) is 0 Å². The average Bonchev–Trinajstić information content (AvgIpc) is 2.18. The average molecular weight is 239 g/mol. The number of hydrogen-bond donors (Lipinski definition) is 0. The molecule has 0 aliphatic carbocycles. The van der Waals surface area contributed by atoms with E-state index in [1.54, 1.807) is 0 Å². The SMILES string of the molecule is C/C=c1/c(CBr)ccc/c1=C/CC. The lowest BCUT2D eigenvalue weighted by Crippen LogP contribution is -2.27. The van der Waals surface area contributed by atoms with Gasteiger partial charge in [0.25, 0.3) is 0 Å². The molecule has 0 amide bonds. The summed E-state index contributed by atoms with van der Waals surface area (Å²) in [5, 5.41) is 3.64. The Labute approximate surface area is 88.1 Å². The Balaban J connectivity index is 3.47. The van der Waals surface area contributed by atoms with Gasteiger partial charge in [-0.15, -0.1) is 0 Å². The summed E-state index contributed by atoms with van der Waals surface area (Å²) in [6.07, 6.45) is 5.53. The largest absolute Gasteiger partial charge is 0.0876 e. The van der Waals surface area contributed by atoms with E-state index < -0.39 is 0 Å². The minimum atomic E-state index is 0.929. The maximum atomic E-state index is 3.50. The molecule has 0 saturated carbocycles. The summed E-state index contributed by atoms with van der Waals surface area (Å²) in [5.41, 5.74) is 1.37. The summed E-state index contributed by atoms with van der Waals surface area (Å²) >= 11 is 3.50. The van der Waals surface area contributed by atoms with E-state index in [4.69, 9.17) is 0 Å². The van der Waals surface area contributed by atoms with Crippen LogP contribution in [0, 0.1) is 0 Å². The van der Waals surface area contributed by atoms with Gasteiger partial charge in [-0.05, 0) is 29.3 Å². The van der Waals surface area contributed by atoms with E-state index in [-0.39, 0.29) is 0 Å². The molecule has 1 heteroatoms. The standard InChI is InChI=1S/C12H15Br/c1-3-6-10-7-5-8-11(9-13)12(10)4-2/h4-8H,3,9H2,1-2H3/b10-6-,12-4+. The third-order valence-electron chi connectivity index (χ3n) is 2.09. The van der Waals surface area contributed by atoms with E-state index in [0.717, 1.165) is 11.8 Å². The molecule has 0 heterocycles. The van der Waals surface area contributed by atoms with Crippen LogP contribution in [0.4, 0.5) is 0 Å². The zero-order valence-electron chi connectivity index (χ0n) is 8.18. The van der Waals surface area contributed by atoms with Crippen LogP contribution in [0.1, 0.15) is 25.8 Å². The monoisotopic (exact) mass is 238 g/mol. The lowest BCUT2D eigenvalue weighted by Gasteiger charge is -1.97. The lowest BCUT2D eigenvalue weighted by molar-refractivity contribution is 1.26. The van der Waals surface area contributed by atoms with Crippen LogP contribution in [0.3, 0.4) is 0 Å². The molecule has 0 spiro atoms. The fraction of sp³-hybridized carbons (Fsp3) is 0.333. The second-order valence-corrected chi connectivity index (χ2v) is 3.52. The van der Waals surface area contributed by atoms with Gasteiger partial charge in [0.05, 0.1) is 0 Å². The van der Waals surface area contributed by atoms with Crippen LogP contribution in [0.2, 0.25) is 0 Å². The number of rotatable bonds is 2. The summed E-state index contributed by atoms with van der Waals surface area (Å²) in [4.78, 5) is 0. The quantitative estimate of drug-likeness (QED) is 0.696. The first-order chi connectivity index (χ1) is 6.33. The second-order valence-electron chi connectivity index (χ2n) is 2.95. The van der Waals surface area contributed by atoms with E-state index in [1.807, 2.05) is 0 Å². The zero-order valence-corrected chi connectivity index (χ0v) is 9.76. The Bertz CT molecular complexity index is 377. The van der Waals surface area contributed by atoms with Crippen molar-refractivity contribution in [1.82, 2.24) is 0 Å².